The van der Waals surface area contributed by atoms with Crippen LogP contribution in [0.4, 0.5) is 0 Å². The summed E-state index contributed by atoms with van der Waals surface area (Å²) < 4.78 is 23.0. The maximum atomic E-state index is 12.6. The summed E-state index contributed by atoms with van der Waals surface area (Å²) in [5, 5.41) is 0.625. The summed E-state index contributed by atoms with van der Waals surface area (Å²) in [6, 6.07) is 6.23. The second-order valence-electron chi connectivity index (χ2n) is 7.98. The predicted octanol–water partition coefficient (Wildman–Crippen LogP) is 4.39. The molecule has 0 spiro atoms. The van der Waals surface area contributed by atoms with Crippen molar-refractivity contribution in [2.24, 2.45) is 0 Å². The minimum atomic E-state index is -1.03. The highest BCUT2D eigenvalue weighted by atomic mass is 16.6. The summed E-state index contributed by atoms with van der Waals surface area (Å²) in [4.78, 5) is 36.8. The standard InChI is InChI=1S/C24H26O7/c1-7-13(3)22(26)29-20-16-11-15-9-10-19(25)28-17(15)12-18(16)31-24(5,6)21(20)30-23(27)14(4)8-2/h7-12,20-21H,1-6H3/b13-7+,14-8+/t20-,21+/m0/s1. The quantitative estimate of drug-likeness (QED) is 0.407. The van der Waals surface area contributed by atoms with Gasteiger partial charge in [0.25, 0.3) is 0 Å². The fraction of sp³-hybridized carbons (Fsp3) is 0.375. The normalized spacial score (nSPS) is 20.6. The first-order valence-corrected chi connectivity index (χ1v) is 10.0. The first-order valence-electron chi connectivity index (χ1n) is 10.0. The third kappa shape index (κ3) is 4.40. The molecule has 164 valence electrons. The maximum Gasteiger partial charge on any atom is 0.336 e. The maximum absolute atomic E-state index is 12.6. The van der Waals surface area contributed by atoms with Gasteiger partial charge < -0.3 is 18.6 Å². The molecule has 3 rings (SSSR count). The Balaban J connectivity index is 2.16. The summed E-state index contributed by atoms with van der Waals surface area (Å²) >= 11 is 0. The van der Waals surface area contributed by atoms with E-state index >= 15 is 0 Å². The number of carbonyl (C=O) groups excluding carboxylic acids is 2. The van der Waals surface area contributed by atoms with Crippen LogP contribution >= 0.6 is 0 Å². The Morgan fingerprint density at radius 2 is 1.61 bits per heavy atom. The Morgan fingerprint density at radius 3 is 2.23 bits per heavy atom. The van der Waals surface area contributed by atoms with Gasteiger partial charge in [0.15, 0.2) is 12.2 Å². The number of benzene rings is 1. The van der Waals surface area contributed by atoms with Crippen molar-refractivity contribution < 1.29 is 28.2 Å². The van der Waals surface area contributed by atoms with Gasteiger partial charge in [-0.1, -0.05) is 12.2 Å². The van der Waals surface area contributed by atoms with Crippen LogP contribution in [-0.2, 0) is 19.1 Å². The van der Waals surface area contributed by atoms with Crippen LogP contribution in [0, 0.1) is 0 Å². The summed E-state index contributed by atoms with van der Waals surface area (Å²) in [5.41, 5.74) is 0.200. The molecule has 0 amide bonds. The molecule has 0 saturated carbocycles. The van der Waals surface area contributed by atoms with E-state index in [1.54, 1.807) is 71.9 Å². The van der Waals surface area contributed by atoms with E-state index in [2.05, 4.69) is 0 Å². The lowest BCUT2D eigenvalue weighted by molar-refractivity contribution is -0.185. The highest BCUT2D eigenvalue weighted by Gasteiger charge is 2.49. The Morgan fingerprint density at radius 1 is 1.00 bits per heavy atom. The van der Waals surface area contributed by atoms with Gasteiger partial charge in [0.05, 0.1) is 0 Å². The summed E-state index contributed by atoms with van der Waals surface area (Å²) in [6.45, 7) is 10.3. The molecule has 0 unspecified atom stereocenters. The molecule has 1 aliphatic rings. The van der Waals surface area contributed by atoms with Crippen molar-refractivity contribution in [2.75, 3.05) is 0 Å². The number of esters is 2. The van der Waals surface area contributed by atoms with Crippen LogP contribution < -0.4 is 10.4 Å². The molecule has 0 N–H and O–H groups in total. The van der Waals surface area contributed by atoms with Gasteiger partial charge in [-0.2, -0.15) is 0 Å². The Hall–Kier alpha value is -3.35. The lowest BCUT2D eigenvalue weighted by atomic mass is 9.87. The first-order chi connectivity index (χ1) is 14.6. The van der Waals surface area contributed by atoms with Crippen LogP contribution in [0.15, 0.2) is 56.8 Å². The molecule has 2 heterocycles. The predicted molar refractivity (Wildman–Crippen MR) is 115 cm³/mol. The van der Waals surface area contributed by atoms with Crippen LogP contribution in [0.5, 0.6) is 5.75 Å². The minimum Gasteiger partial charge on any atom is -0.483 e. The largest absolute Gasteiger partial charge is 0.483 e. The third-order valence-electron chi connectivity index (χ3n) is 5.37. The molecule has 2 atom stereocenters. The van der Waals surface area contributed by atoms with Gasteiger partial charge in [-0.3, -0.25) is 0 Å². The Kier molecular flexibility index (Phi) is 6.06. The number of fused-ring (bicyclic) bond motifs is 2. The van der Waals surface area contributed by atoms with E-state index < -0.39 is 35.4 Å². The molecule has 0 radical (unpaired) electrons. The highest BCUT2D eigenvalue weighted by molar-refractivity contribution is 5.89. The van der Waals surface area contributed by atoms with Crippen LogP contribution in [0.3, 0.4) is 0 Å². The third-order valence-corrected chi connectivity index (χ3v) is 5.37. The van der Waals surface area contributed by atoms with Crippen LogP contribution in [0.2, 0.25) is 0 Å². The van der Waals surface area contributed by atoms with E-state index in [4.69, 9.17) is 18.6 Å². The van der Waals surface area contributed by atoms with Crippen molar-refractivity contribution >= 4 is 22.9 Å². The molecular formula is C24H26O7. The molecule has 0 aliphatic carbocycles. The second-order valence-corrected chi connectivity index (χ2v) is 7.98. The smallest absolute Gasteiger partial charge is 0.336 e. The van der Waals surface area contributed by atoms with E-state index in [-0.39, 0.29) is 0 Å². The topological polar surface area (TPSA) is 92.0 Å². The number of ether oxygens (including phenoxy) is 3. The molecule has 7 heteroatoms. The van der Waals surface area contributed by atoms with E-state index in [9.17, 15) is 14.4 Å². The van der Waals surface area contributed by atoms with E-state index in [0.717, 1.165) is 0 Å². The number of hydrogen-bond acceptors (Lipinski definition) is 7. The number of hydrogen-bond donors (Lipinski definition) is 0. The molecule has 1 aromatic carbocycles. The molecule has 7 nitrogen and oxygen atoms in total. The molecule has 0 bridgehead atoms. The summed E-state index contributed by atoms with van der Waals surface area (Å²) in [7, 11) is 0. The van der Waals surface area contributed by atoms with Gasteiger partial charge >= 0.3 is 17.6 Å². The molecular weight excluding hydrogens is 400 g/mol. The molecule has 1 aromatic heterocycles. The molecule has 2 aromatic rings. The minimum absolute atomic E-state index is 0.344. The monoisotopic (exact) mass is 426 g/mol. The number of rotatable bonds is 4. The average Bonchev–Trinajstić information content (AvgIpc) is 2.73. The van der Waals surface area contributed by atoms with E-state index in [1.807, 2.05) is 0 Å². The lowest BCUT2D eigenvalue weighted by Crippen LogP contribution is -2.52. The van der Waals surface area contributed by atoms with Crippen molar-refractivity contribution in [3.63, 3.8) is 0 Å². The summed E-state index contributed by atoms with van der Waals surface area (Å²) in [6.07, 6.45) is 1.46. The van der Waals surface area contributed by atoms with Crippen molar-refractivity contribution in [1.82, 2.24) is 0 Å². The van der Waals surface area contributed by atoms with E-state index in [0.29, 0.717) is 33.4 Å². The SMILES string of the molecule is C/C=C(\C)C(=O)O[C@@H]1[C@@H](OC(=O)/C(C)=C/C)c2cc3ccc(=O)oc3cc2OC1(C)C. The zero-order valence-corrected chi connectivity index (χ0v) is 18.5. The van der Waals surface area contributed by atoms with Gasteiger partial charge in [-0.15, -0.1) is 0 Å². The van der Waals surface area contributed by atoms with Gasteiger partial charge in [0.1, 0.15) is 16.9 Å². The molecule has 0 saturated heterocycles. The average molecular weight is 426 g/mol. The fourth-order valence-corrected chi connectivity index (χ4v) is 3.28. The van der Waals surface area contributed by atoms with Crippen molar-refractivity contribution in [3.8, 4) is 5.75 Å². The van der Waals surface area contributed by atoms with Crippen molar-refractivity contribution in [2.45, 2.75) is 59.4 Å². The van der Waals surface area contributed by atoms with Gasteiger partial charge in [-0.05, 0) is 53.7 Å². The fourth-order valence-electron chi connectivity index (χ4n) is 3.28. The number of carbonyl (C=O) groups is 2. The second kappa shape index (κ2) is 8.41. The molecule has 1 aliphatic heterocycles. The van der Waals surface area contributed by atoms with Crippen molar-refractivity contribution in [1.29, 1.82) is 0 Å². The highest BCUT2D eigenvalue weighted by Crippen LogP contribution is 2.45. The zero-order valence-electron chi connectivity index (χ0n) is 18.5. The number of allylic oxidation sites excluding steroid dienone is 2. The van der Waals surface area contributed by atoms with Crippen LogP contribution in [-0.4, -0.2) is 23.6 Å². The van der Waals surface area contributed by atoms with Gasteiger partial charge in [-0.25, -0.2) is 14.4 Å². The van der Waals surface area contributed by atoms with Crippen LogP contribution in [0.1, 0.15) is 53.2 Å². The molecule has 0 fully saturated rings. The zero-order chi connectivity index (χ0) is 22.9. The molecule has 31 heavy (non-hydrogen) atoms. The first kappa shape index (κ1) is 22.3. The Bertz CT molecular complexity index is 1150. The van der Waals surface area contributed by atoms with Gasteiger partial charge in [0.2, 0.25) is 0 Å². The Labute approximate surface area is 180 Å². The lowest BCUT2D eigenvalue weighted by Gasteiger charge is -2.43. The van der Waals surface area contributed by atoms with Crippen LogP contribution in [0.25, 0.3) is 11.0 Å². The van der Waals surface area contributed by atoms with Crippen molar-refractivity contribution in [3.05, 3.63) is 63.5 Å². The summed E-state index contributed by atoms with van der Waals surface area (Å²) in [5.74, 6) is -0.666. The van der Waals surface area contributed by atoms with E-state index in [1.165, 1.54) is 6.07 Å². The van der Waals surface area contributed by atoms with Gasteiger partial charge in [0, 0.05) is 34.2 Å².